The van der Waals surface area contributed by atoms with Gasteiger partial charge < -0.3 is 10.2 Å². The fourth-order valence-electron chi connectivity index (χ4n) is 3.12. The number of anilines is 1. The quantitative estimate of drug-likeness (QED) is 0.874. The first kappa shape index (κ1) is 17.7. The van der Waals surface area contributed by atoms with Crippen LogP contribution in [0.4, 0.5) is 5.69 Å². The summed E-state index contributed by atoms with van der Waals surface area (Å²) in [5, 5.41) is 3.47. The Kier molecular flexibility index (Phi) is 5.59. The molecule has 1 fully saturated rings. The predicted molar refractivity (Wildman–Crippen MR) is 102 cm³/mol. The van der Waals surface area contributed by atoms with E-state index in [1.54, 1.807) is 0 Å². The first-order chi connectivity index (χ1) is 12.0. The first-order valence-corrected chi connectivity index (χ1v) is 9.20. The second-order valence-electron chi connectivity index (χ2n) is 6.67. The van der Waals surface area contributed by atoms with Crippen LogP contribution >= 0.6 is 11.6 Å². The monoisotopic (exact) mass is 357 g/mol. The minimum absolute atomic E-state index is 0.168. The smallest absolute Gasteiger partial charge is 0.253 e. The number of halogens is 1. The highest BCUT2D eigenvalue weighted by Gasteiger charge is 2.18. The number of hydrogen-bond acceptors (Lipinski definition) is 3. The second-order valence-corrected chi connectivity index (χ2v) is 7.07. The number of carbonyl (C=O) groups excluding carboxylic acids is 1. The van der Waals surface area contributed by atoms with Gasteiger partial charge in [0.15, 0.2) is 0 Å². The molecule has 0 radical (unpaired) electrons. The second kappa shape index (κ2) is 7.87. The van der Waals surface area contributed by atoms with Crippen LogP contribution in [0.15, 0.2) is 36.5 Å². The minimum Gasteiger partial charge on any atom is -0.372 e. The van der Waals surface area contributed by atoms with Crippen molar-refractivity contribution in [2.75, 3.05) is 18.0 Å². The lowest BCUT2D eigenvalue weighted by molar-refractivity contribution is 0.0939. The van der Waals surface area contributed by atoms with Gasteiger partial charge >= 0.3 is 0 Å². The highest BCUT2D eigenvalue weighted by Crippen LogP contribution is 2.26. The zero-order valence-corrected chi connectivity index (χ0v) is 15.5. The average Bonchev–Trinajstić information content (AvgIpc) is 2.63. The number of piperidine rings is 1. The molecule has 1 aliphatic rings. The van der Waals surface area contributed by atoms with Gasteiger partial charge in [-0.05, 0) is 62.9 Å². The molecule has 132 valence electrons. The molecule has 0 aliphatic carbocycles. The molecule has 1 atom stereocenters. The maximum Gasteiger partial charge on any atom is 0.253 e. The molecule has 2 aromatic rings. The third-order valence-corrected chi connectivity index (χ3v) is 4.97. The van der Waals surface area contributed by atoms with E-state index in [-0.39, 0.29) is 11.9 Å². The number of hydrogen-bond donors (Lipinski definition) is 1. The van der Waals surface area contributed by atoms with Crippen molar-refractivity contribution in [2.45, 2.75) is 39.2 Å². The van der Waals surface area contributed by atoms with Crippen molar-refractivity contribution in [3.63, 3.8) is 0 Å². The van der Waals surface area contributed by atoms with Gasteiger partial charge in [0.05, 0.1) is 22.3 Å². The van der Waals surface area contributed by atoms with E-state index in [1.807, 2.05) is 50.4 Å². The Morgan fingerprint density at radius 1 is 1.20 bits per heavy atom. The molecule has 1 aliphatic heterocycles. The molecule has 1 N–H and O–H groups in total. The maximum absolute atomic E-state index is 12.7. The molecule has 5 heteroatoms. The molecular weight excluding hydrogens is 334 g/mol. The molecule has 4 nitrogen and oxygen atoms in total. The van der Waals surface area contributed by atoms with Gasteiger partial charge in [0.1, 0.15) is 0 Å². The SMILES string of the molecule is Cc1ccc([C@@H](C)NC(=O)c2cc(N3CCCCC3)ccc2Cl)nc1. The van der Waals surface area contributed by atoms with E-state index in [9.17, 15) is 4.79 Å². The summed E-state index contributed by atoms with van der Waals surface area (Å²) in [4.78, 5) is 19.4. The molecule has 1 amide bonds. The Morgan fingerprint density at radius 2 is 1.96 bits per heavy atom. The number of pyridine rings is 1. The average molecular weight is 358 g/mol. The van der Waals surface area contributed by atoms with Crippen LogP contribution in [-0.2, 0) is 0 Å². The van der Waals surface area contributed by atoms with E-state index >= 15 is 0 Å². The van der Waals surface area contributed by atoms with Crippen LogP contribution in [-0.4, -0.2) is 24.0 Å². The number of amides is 1. The lowest BCUT2D eigenvalue weighted by Gasteiger charge is -2.29. The number of aryl methyl sites for hydroxylation is 1. The van der Waals surface area contributed by atoms with Gasteiger partial charge in [-0.25, -0.2) is 0 Å². The number of nitrogens with zero attached hydrogens (tertiary/aromatic N) is 2. The Balaban J connectivity index is 1.75. The van der Waals surface area contributed by atoms with Gasteiger partial charge in [0.25, 0.3) is 5.91 Å². The topological polar surface area (TPSA) is 45.2 Å². The molecule has 1 aromatic heterocycles. The molecule has 3 rings (SSSR count). The van der Waals surface area contributed by atoms with E-state index < -0.39 is 0 Å². The summed E-state index contributed by atoms with van der Waals surface area (Å²) in [7, 11) is 0. The van der Waals surface area contributed by atoms with Crippen LogP contribution in [0, 0.1) is 6.92 Å². The van der Waals surface area contributed by atoms with Crippen molar-refractivity contribution in [2.24, 2.45) is 0 Å². The number of carbonyl (C=O) groups is 1. The van der Waals surface area contributed by atoms with Gasteiger partial charge in [-0.15, -0.1) is 0 Å². The molecule has 1 saturated heterocycles. The maximum atomic E-state index is 12.7. The fourth-order valence-corrected chi connectivity index (χ4v) is 3.32. The van der Waals surface area contributed by atoms with E-state index in [4.69, 9.17) is 11.6 Å². The molecular formula is C20H24ClN3O. The first-order valence-electron chi connectivity index (χ1n) is 8.82. The van der Waals surface area contributed by atoms with Gasteiger partial charge in [0, 0.05) is 25.0 Å². The summed E-state index contributed by atoms with van der Waals surface area (Å²) in [6.45, 7) is 5.99. The van der Waals surface area contributed by atoms with Crippen molar-refractivity contribution in [1.82, 2.24) is 10.3 Å². The fraction of sp³-hybridized carbons (Fsp3) is 0.400. The number of aromatic nitrogens is 1. The molecule has 0 spiro atoms. The Labute approximate surface area is 154 Å². The van der Waals surface area contributed by atoms with Crippen LogP contribution in [0.1, 0.15) is 53.8 Å². The summed E-state index contributed by atoms with van der Waals surface area (Å²) in [5.41, 5.74) is 3.51. The van der Waals surface area contributed by atoms with Crippen LogP contribution in [0.3, 0.4) is 0 Å². The van der Waals surface area contributed by atoms with Gasteiger partial charge in [-0.2, -0.15) is 0 Å². The van der Waals surface area contributed by atoms with Crippen molar-refractivity contribution in [3.8, 4) is 0 Å². The summed E-state index contributed by atoms with van der Waals surface area (Å²) < 4.78 is 0. The summed E-state index contributed by atoms with van der Waals surface area (Å²) in [6, 6.07) is 9.46. The highest BCUT2D eigenvalue weighted by atomic mass is 35.5. The lowest BCUT2D eigenvalue weighted by atomic mass is 10.1. The van der Waals surface area contributed by atoms with Gasteiger partial charge in [-0.3, -0.25) is 9.78 Å². The molecule has 0 saturated carbocycles. The standard InChI is InChI=1S/C20H24ClN3O/c1-14-6-9-19(22-13-14)15(2)23-20(25)17-12-16(7-8-18(17)21)24-10-4-3-5-11-24/h6-9,12-13,15H,3-5,10-11H2,1-2H3,(H,23,25)/t15-/m1/s1. The predicted octanol–water partition coefficient (Wildman–Crippen LogP) is 4.52. The van der Waals surface area contributed by atoms with E-state index in [0.29, 0.717) is 10.6 Å². The zero-order valence-electron chi connectivity index (χ0n) is 14.8. The number of rotatable bonds is 4. The van der Waals surface area contributed by atoms with Gasteiger partial charge in [-0.1, -0.05) is 17.7 Å². The van der Waals surface area contributed by atoms with E-state index in [2.05, 4.69) is 15.2 Å². The third kappa shape index (κ3) is 4.31. The molecule has 0 bridgehead atoms. The van der Waals surface area contributed by atoms with Crippen LogP contribution < -0.4 is 10.2 Å². The number of benzene rings is 1. The zero-order chi connectivity index (χ0) is 17.8. The van der Waals surface area contributed by atoms with E-state index in [1.165, 1.54) is 19.3 Å². The Morgan fingerprint density at radius 3 is 2.64 bits per heavy atom. The highest BCUT2D eigenvalue weighted by molar-refractivity contribution is 6.34. The van der Waals surface area contributed by atoms with Crippen LogP contribution in [0.25, 0.3) is 0 Å². The summed E-state index contributed by atoms with van der Waals surface area (Å²) >= 11 is 6.29. The third-order valence-electron chi connectivity index (χ3n) is 4.64. The normalized spacial score (nSPS) is 15.7. The van der Waals surface area contributed by atoms with Crippen molar-refractivity contribution >= 4 is 23.2 Å². The number of nitrogens with one attached hydrogen (secondary N) is 1. The van der Waals surface area contributed by atoms with Crippen LogP contribution in [0.2, 0.25) is 5.02 Å². The van der Waals surface area contributed by atoms with Crippen molar-refractivity contribution in [1.29, 1.82) is 0 Å². The molecule has 25 heavy (non-hydrogen) atoms. The Bertz CT molecular complexity index is 739. The lowest BCUT2D eigenvalue weighted by Crippen LogP contribution is -2.30. The van der Waals surface area contributed by atoms with E-state index in [0.717, 1.165) is 30.0 Å². The van der Waals surface area contributed by atoms with Crippen molar-refractivity contribution in [3.05, 3.63) is 58.4 Å². The van der Waals surface area contributed by atoms with Gasteiger partial charge in [0.2, 0.25) is 0 Å². The largest absolute Gasteiger partial charge is 0.372 e. The minimum atomic E-state index is -0.178. The molecule has 2 heterocycles. The molecule has 0 unspecified atom stereocenters. The summed E-state index contributed by atoms with van der Waals surface area (Å²) in [5.74, 6) is -0.168. The Hall–Kier alpha value is -2.07. The van der Waals surface area contributed by atoms with Crippen molar-refractivity contribution < 1.29 is 4.79 Å². The molecule has 1 aromatic carbocycles. The van der Waals surface area contributed by atoms with Crippen LogP contribution in [0.5, 0.6) is 0 Å². The summed E-state index contributed by atoms with van der Waals surface area (Å²) in [6.07, 6.45) is 5.47.